The third-order valence-electron chi connectivity index (χ3n) is 3.44. The van der Waals surface area contributed by atoms with Crippen molar-refractivity contribution in [1.82, 2.24) is 9.78 Å². The van der Waals surface area contributed by atoms with E-state index in [4.69, 9.17) is 16.3 Å². The SMILES string of the molecule is Cn1ncc(NC(=O)COc2ccc(Cl)cc2)c1-c1ccccc1. The normalized spacial score (nSPS) is 10.4. The summed E-state index contributed by atoms with van der Waals surface area (Å²) in [7, 11) is 1.84. The number of aryl methyl sites for hydroxylation is 1. The highest BCUT2D eigenvalue weighted by atomic mass is 35.5. The molecule has 2 aromatic carbocycles. The van der Waals surface area contributed by atoms with Gasteiger partial charge in [-0.25, -0.2) is 0 Å². The smallest absolute Gasteiger partial charge is 0.262 e. The monoisotopic (exact) mass is 341 g/mol. The molecule has 3 aromatic rings. The topological polar surface area (TPSA) is 56.2 Å². The minimum Gasteiger partial charge on any atom is -0.484 e. The van der Waals surface area contributed by atoms with Gasteiger partial charge in [-0.2, -0.15) is 5.10 Å². The van der Waals surface area contributed by atoms with Crippen LogP contribution in [0, 0.1) is 0 Å². The summed E-state index contributed by atoms with van der Waals surface area (Å²) in [6.07, 6.45) is 1.63. The first-order valence-electron chi connectivity index (χ1n) is 7.39. The molecular weight excluding hydrogens is 326 g/mol. The van der Waals surface area contributed by atoms with Crippen LogP contribution in [0.3, 0.4) is 0 Å². The Hall–Kier alpha value is -2.79. The zero-order valence-electron chi connectivity index (χ0n) is 13.1. The summed E-state index contributed by atoms with van der Waals surface area (Å²) >= 11 is 5.82. The molecule has 122 valence electrons. The minimum atomic E-state index is -0.255. The molecule has 0 aliphatic heterocycles. The number of hydrogen-bond donors (Lipinski definition) is 1. The van der Waals surface area contributed by atoms with Crippen molar-refractivity contribution in [2.45, 2.75) is 0 Å². The lowest BCUT2D eigenvalue weighted by molar-refractivity contribution is -0.118. The number of nitrogens with one attached hydrogen (secondary N) is 1. The van der Waals surface area contributed by atoms with E-state index >= 15 is 0 Å². The van der Waals surface area contributed by atoms with Crippen molar-refractivity contribution in [3.63, 3.8) is 0 Å². The molecule has 1 aromatic heterocycles. The van der Waals surface area contributed by atoms with E-state index in [1.807, 2.05) is 37.4 Å². The molecule has 0 saturated heterocycles. The molecule has 0 atom stereocenters. The number of amides is 1. The largest absolute Gasteiger partial charge is 0.484 e. The molecule has 24 heavy (non-hydrogen) atoms. The number of halogens is 1. The van der Waals surface area contributed by atoms with Crippen LogP contribution in [0.5, 0.6) is 5.75 Å². The molecule has 0 bridgehead atoms. The van der Waals surface area contributed by atoms with Gasteiger partial charge in [-0.05, 0) is 24.3 Å². The molecule has 0 radical (unpaired) electrons. The lowest BCUT2D eigenvalue weighted by Gasteiger charge is -2.09. The van der Waals surface area contributed by atoms with Gasteiger partial charge >= 0.3 is 0 Å². The van der Waals surface area contributed by atoms with Crippen LogP contribution in [-0.2, 0) is 11.8 Å². The minimum absolute atomic E-state index is 0.0925. The van der Waals surface area contributed by atoms with E-state index in [2.05, 4.69) is 10.4 Å². The van der Waals surface area contributed by atoms with Gasteiger partial charge < -0.3 is 10.1 Å². The average molecular weight is 342 g/mol. The zero-order chi connectivity index (χ0) is 16.9. The van der Waals surface area contributed by atoms with Crippen molar-refractivity contribution >= 4 is 23.2 Å². The third-order valence-corrected chi connectivity index (χ3v) is 3.70. The number of anilines is 1. The summed E-state index contributed by atoms with van der Waals surface area (Å²) < 4.78 is 7.18. The Bertz CT molecular complexity index is 829. The number of aromatic nitrogens is 2. The highest BCUT2D eigenvalue weighted by molar-refractivity contribution is 6.30. The number of nitrogens with zero attached hydrogens (tertiary/aromatic N) is 2. The molecule has 0 aliphatic carbocycles. The van der Waals surface area contributed by atoms with Crippen LogP contribution in [-0.4, -0.2) is 22.3 Å². The molecule has 3 rings (SSSR count). The fourth-order valence-electron chi connectivity index (χ4n) is 2.33. The van der Waals surface area contributed by atoms with E-state index < -0.39 is 0 Å². The molecule has 1 N–H and O–H groups in total. The lowest BCUT2D eigenvalue weighted by Crippen LogP contribution is -2.20. The van der Waals surface area contributed by atoms with Crippen molar-refractivity contribution in [3.05, 3.63) is 65.8 Å². The molecular formula is C18H16ClN3O2. The molecule has 0 unspecified atom stereocenters. The van der Waals surface area contributed by atoms with Gasteiger partial charge in [-0.15, -0.1) is 0 Å². The van der Waals surface area contributed by atoms with Crippen LogP contribution in [0.4, 0.5) is 5.69 Å². The molecule has 5 nitrogen and oxygen atoms in total. The highest BCUT2D eigenvalue weighted by Gasteiger charge is 2.13. The van der Waals surface area contributed by atoms with Crippen LogP contribution in [0.1, 0.15) is 0 Å². The Kier molecular flexibility index (Phi) is 4.82. The van der Waals surface area contributed by atoms with E-state index in [0.717, 1.165) is 11.3 Å². The van der Waals surface area contributed by atoms with Crippen molar-refractivity contribution < 1.29 is 9.53 Å². The Labute approximate surface area is 144 Å². The van der Waals surface area contributed by atoms with Gasteiger partial charge in [0.2, 0.25) is 0 Å². The van der Waals surface area contributed by atoms with E-state index in [9.17, 15) is 4.79 Å². The van der Waals surface area contributed by atoms with E-state index in [1.165, 1.54) is 0 Å². The Morgan fingerprint density at radius 2 is 1.88 bits per heavy atom. The number of carbonyl (C=O) groups excluding carboxylic acids is 1. The summed E-state index contributed by atoms with van der Waals surface area (Å²) in [4.78, 5) is 12.1. The summed E-state index contributed by atoms with van der Waals surface area (Å²) in [5.74, 6) is 0.333. The molecule has 6 heteroatoms. The number of benzene rings is 2. The standard InChI is InChI=1S/C18H16ClN3O2/c1-22-18(13-5-3-2-4-6-13)16(11-20-22)21-17(23)12-24-15-9-7-14(19)8-10-15/h2-11H,12H2,1H3,(H,21,23). The van der Waals surface area contributed by atoms with Crippen molar-refractivity contribution in [3.8, 4) is 17.0 Å². The van der Waals surface area contributed by atoms with Gasteiger partial charge in [-0.1, -0.05) is 41.9 Å². The molecule has 1 amide bonds. The fraction of sp³-hybridized carbons (Fsp3) is 0.111. The van der Waals surface area contributed by atoms with E-state index in [0.29, 0.717) is 16.5 Å². The molecule has 0 fully saturated rings. The van der Waals surface area contributed by atoms with Gasteiger partial charge in [0.15, 0.2) is 6.61 Å². The van der Waals surface area contributed by atoms with Gasteiger partial charge in [0.1, 0.15) is 5.75 Å². The van der Waals surface area contributed by atoms with Gasteiger partial charge in [0.25, 0.3) is 5.91 Å². The quantitative estimate of drug-likeness (QED) is 0.768. The van der Waals surface area contributed by atoms with Gasteiger partial charge in [0, 0.05) is 17.6 Å². The summed E-state index contributed by atoms with van der Waals surface area (Å²) in [6.45, 7) is -0.0925. The maximum atomic E-state index is 12.1. The number of carbonyl (C=O) groups is 1. The Morgan fingerprint density at radius 1 is 1.17 bits per heavy atom. The maximum Gasteiger partial charge on any atom is 0.262 e. The predicted molar refractivity (Wildman–Crippen MR) is 94.2 cm³/mol. The van der Waals surface area contributed by atoms with Crippen LogP contribution in [0.15, 0.2) is 60.8 Å². The Balaban J connectivity index is 1.68. The zero-order valence-corrected chi connectivity index (χ0v) is 13.8. The summed E-state index contributed by atoms with van der Waals surface area (Å²) in [6, 6.07) is 16.6. The average Bonchev–Trinajstić information content (AvgIpc) is 2.95. The predicted octanol–water partition coefficient (Wildman–Crippen LogP) is 3.76. The Morgan fingerprint density at radius 3 is 2.58 bits per heavy atom. The van der Waals surface area contributed by atoms with Crippen molar-refractivity contribution in [1.29, 1.82) is 0 Å². The summed E-state index contributed by atoms with van der Waals surface area (Å²) in [5, 5.41) is 7.68. The van der Waals surface area contributed by atoms with Crippen LogP contribution >= 0.6 is 11.6 Å². The highest BCUT2D eigenvalue weighted by Crippen LogP contribution is 2.27. The third kappa shape index (κ3) is 3.75. The van der Waals surface area contributed by atoms with Crippen molar-refractivity contribution in [2.24, 2.45) is 7.05 Å². The first-order valence-corrected chi connectivity index (χ1v) is 7.77. The van der Waals surface area contributed by atoms with E-state index in [1.54, 1.807) is 35.1 Å². The van der Waals surface area contributed by atoms with Crippen LogP contribution in [0.2, 0.25) is 5.02 Å². The fourth-order valence-corrected chi connectivity index (χ4v) is 2.46. The molecule has 0 saturated carbocycles. The number of ether oxygens (including phenoxy) is 1. The molecule has 1 heterocycles. The molecule has 0 aliphatic rings. The summed E-state index contributed by atoms with van der Waals surface area (Å²) in [5.41, 5.74) is 2.47. The van der Waals surface area contributed by atoms with E-state index in [-0.39, 0.29) is 12.5 Å². The number of rotatable bonds is 5. The maximum absolute atomic E-state index is 12.1. The van der Waals surface area contributed by atoms with Crippen molar-refractivity contribution in [2.75, 3.05) is 11.9 Å². The van der Waals surface area contributed by atoms with Gasteiger partial charge in [0.05, 0.1) is 17.6 Å². The number of hydrogen-bond acceptors (Lipinski definition) is 3. The second-order valence-electron chi connectivity index (χ2n) is 5.19. The van der Waals surface area contributed by atoms with Crippen LogP contribution in [0.25, 0.3) is 11.3 Å². The second-order valence-corrected chi connectivity index (χ2v) is 5.62. The van der Waals surface area contributed by atoms with Gasteiger partial charge in [-0.3, -0.25) is 9.48 Å². The first kappa shape index (κ1) is 16.1. The second kappa shape index (κ2) is 7.19. The van der Waals surface area contributed by atoms with Crippen LogP contribution < -0.4 is 10.1 Å². The molecule has 0 spiro atoms. The lowest BCUT2D eigenvalue weighted by atomic mass is 10.1. The first-order chi connectivity index (χ1) is 11.6.